The number of rotatable bonds is 3. The molecule has 0 aromatic heterocycles. The molecule has 35 heavy (non-hydrogen) atoms. The van der Waals surface area contributed by atoms with Crippen molar-refractivity contribution in [3.05, 3.63) is 94.4 Å². The van der Waals surface area contributed by atoms with Gasteiger partial charge in [0.2, 0.25) is 0 Å². The molecule has 0 atom stereocenters. The second kappa shape index (κ2) is 9.59. The predicted molar refractivity (Wildman–Crippen MR) is 149 cm³/mol. The molecule has 1 saturated carbocycles. The first-order valence-corrected chi connectivity index (χ1v) is 13.8. The van der Waals surface area contributed by atoms with E-state index in [9.17, 15) is 4.79 Å². The number of fused-ring (bicyclic) bond motifs is 1. The van der Waals surface area contributed by atoms with E-state index in [4.69, 9.17) is 4.99 Å². The largest absolute Gasteiger partial charge is 0.337 e. The van der Waals surface area contributed by atoms with Crippen molar-refractivity contribution < 1.29 is 4.79 Å². The minimum atomic E-state index is -0.0269. The van der Waals surface area contributed by atoms with Gasteiger partial charge in [0.25, 0.3) is 5.91 Å². The maximum Gasteiger partial charge on any atom is 0.274 e. The smallest absolute Gasteiger partial charge is 0.274 e. The highest BCUT2D eigenvalue weighted by molar-refractivity contribution is 8.20. The molecule has 6 heteroatoms. The number of benzene rings is 3. The van der Waals surface area contributed by atoms with Crippen LogP contribution in [0.25, 0.3) is 0 Å². The zero-order chi connectivity index (χ0) is 23.8. The standard InChI is InChI=1S/C29H27N3OS2/c1-31-24-14-8-9-15-25(24)34-28(31)26-27(33)32(23-12-6-3-7-13-23)29(35-26)30-22-18-16-21(17-19-22)20-10-4-2-5-11-20/h3,6-9,12-20H,2,4-5,10-11H2,1H3. The van der Waals surface area contributed by atoms with Crippen LogP contribution in [0, 0.1) is 0 Å². The molecule has 6 rings (SSSR count). The monoisotopic (exact) mass is 497 g/mol. The summed E-state index contributed by atoms with van der Waals surface area (Å²) in [5.41, 5.74) is 4.25. The average Bonchev–Trinajstić information content (AvgIpc) is 3.41. The summed E-state index contributed by atoms with van der Waals surface area (Å²) in [6, 6.07) is 26.7. The van der Waals surface area contributed by atoms with E-state index in [2.05, 4.69) is 41.3 Å². The van der Waals surface area contributed by atoms with Crippen molar-refractivity contribution in [3.8, 4) is 0 Å². The summed E-state index contributed by atoms with van der Waals surface area (Å²) < 4.78 is 0. The molecule has 0 spiro atoms. The highest BCUT2D eigenvalue weighted by Gasteiger charge is 2.40. The first-order valence-electron chi connectivity index (χ1n) is 12.2. The lowest BCUT2D eigenvalue weighted by Gasteiger charge is -2.22. The number of para-hydroxylation sites is 2. The molecule has 3 aromatic carbocycles. The summed E-state index contributed by atoms with van der Waals surface area (Å²) in [6.45, 7) is 0. The van der Waals surface area contributed by atoms with Crippen LogP contribution in [0.3, 0.4) is 0 Å². The summed E-state index contributed by atoms with van der Waals surface area (Å²) in [4.78, 5) is 24.5. The summed E-state index contributed by atoms with van der Waals surface area (Å²) in [7, 11) is 2.03. The third-order valence-electron chi connectivity index (χ3n) is 6.92. The zero-order valence-corrected chi connectivity index (χ0v) is 21.3. The number of amidine groups is 1. The fraction of sp³-hybridized carbons (Fsp3) is 0.241. The van der Waals surface area contributed by atoms with Crippen LogP contribution in [-0.4, -0.2) is 18.1 Å². The number of hydrogen-bond donors (Lipinski definition) is 0. The van der Waals surface area contributed by atoms with Crippen LogP contribution >= 0.6 is 23.5 Å². The number of anilines is 2. The first kappa shape index (κ1) is 22.5. The third-order valence-corrected chi connectivity index (χ3v) is 9.32. The number of carbonyl (C=O) groups excluding carboxylic acids is 1. The zero-order valence-electron chi connectivity index (χ0n) is 19.7. The van der Waals surface area contributed by atoms with Gasteiger partial charge in [-0.25, -0.2) is 4.99 Å². The SMILES string of the molecule is CN1C(=C2SC(=Nc3ccc(C4CCCCC4)cc3)N(c3ccccc3)C2=O)Sc2ccccc21. The Bertz CT molecular complexity index is 1310. The van der Waals surface area contributed by atoms with E-state index >= 15 is 0 Å². The first-order chi connectivity index (χ1) is 17.2. The number of aliphatic imine (C=N–C) groups is 1. The lowest BCUT2D eigenvalue weighted by atomic mass is 9.84. The Kier molecular flexibility index (Phi) is 6.17. The molecule has 2 heterocycles. The van der Waals surface area contributed by atoms with Crippen LogP contribution < -0.4 is 9.80 Å². The van der Waals surface area contributed by atoms with Crippen molar-refractivity contribution >= 4 is 51.7 Å². The molecule has 176 valence electrons. The number of carbonyl (C=O) groups is 1. The lowest BCUT2D eigenvalue weighted by Crippen LogP contribution is -2.29. The molecule has 2 aliphatic heterocycles. The molecule has 3 aliphatic rings. The minimum absolute atomic E-state index is 0.0269. The summed E-state index contributed by atoms with van der Waals surface area (Å²) in [5, 5.41) is 1.65. The van der Waals surface area contributed by atoms with Crippen LogP contribution in [0.5, 0.6) is 0 Å². The Morgan fingerprint density at radius 3 is 2.29 bits per heavy atom. The molecule has 0 bridgehead atoms. The molecule has 1 amide bonds. The van der Waals surface area contributed by atoms with Gasteiger partial charge in [-0.1, -0.05) is 73.5 Å². The van der Waals surface area contributed by atoms with E-state index in [0.29, 0.717) is 11.1 Å². The van der Waals surface area contributed by atoms with Crippen molar-refractivity contribution in [2.45, 2.75) is 42.9 Å². The number of thioether (sulfide) groups is 2. The maximum atomic E-state index is 13.8. The molecule has 0 N–H and O–H groups in total. The van der Waals surface area contributed by atoms with Crippen LogP contribution in [0.2, 0.25) is 0 Å². The van der Waals surface area contributed by atoms with Crippen molar-refractivity contribution in [2.24, 2.45) is 4.99 Å². The molecule has 1 saturated heterocycles. The van der Waals surface area contributed by atoms with Crippen LogP contribution in [0.1, 0.15) is 43.6 Å². The minimum Gasteiger partial charge on any atom is -0.337 e. The van der Waals surface area contributed by atoms with Gasteiger partial charge in [-0.3, -0.25) is 9.69 Å². The predicted octanol–water partition coefficient (Wildman–Crippen LogP) is 7.91. The van der Waals surface area contributed by atoms with Crippen molar-refractivity contribution in [1.82, 2.24) is 0 Å². The molecular weight excluding hydrogens is 470 g/mol. The van der Waals surface area contributed by atoms with Crippen LogP contribution in [0.4, 0.5) is 17.1 Å². The molecule has 3 aromatic rings. The Labute approximate surface area is 215 Å². The highest BCUT2D eigenvalue weighted by Crippen LogP contribution is 2.50. The highest BCUT2D eigenvalue weighted by atomic mass is 32.2. The fourth-order valence-corrected chi connectivity index (χ4v) is 7.40. The molecule has 1 aliphatic carbocycles. The topological polar surface area (TPSA) is 35.9 Å². The van der Waals surface area contributed by atoms with Gasteiger partial charge in [0, 0.05) is 11.9 Å². The summed E-state index contributed by atoms with van der Waals surface area (Å²) in [6.07, 6.45) is 6.58. The molecule has 0 unspecified atom stereocenters. The molecule has 0 radical (unpaired) electrons. The Morgan fingerprint density at radius 2 is 1.54 bits per heavy atom. The van der Waals surface area contributed by atoms with Crippen molar-refractivity contribution in [3.63, 3.8) is 0 Å². The van der Waals surface area contributed by atoms with Crippen molar-refractivity contribution in [1.29, 1.82) is 0 Å². The second-order valence-corrected chi connectivity index (χ2v) is 11.2. The van der Waals surface area contributed by atoms with Gasteiger partial charge in [-0.15, -0.1) is 0 Å². The summed E-state index contributed by atoms with van der Waals surface area (Å²) in [5.74, 6) is 0.641. The Morgan fingerprint density at radius 1 is 0.829 bits per heavy atom. The fourth-order valence-electron chi connectivity index (χ4n) is 5.05. The molecule has 2 fully saturated rings. The average molecular weight is 498 g/mol. The second-order valence-electron chi connectivity index (χ2n) is 9.16. The van der Waals surface area contributed by atoms with Crippen LogP contribution in [-0.2, 0) is 4.79 Å². The van der Waals surface area contributed by atoms with E-state index in [1.807, 2.05) is 49.5 Å². The van der Waals surface area contributed by atoms with Crippen LogP contribution in [0.15, 0.2) is 98.7 Å². The van der Waals surface area contributed by atoms with Gasteiger partial charge in [0.15, 0.2) is 5.17 Å². The van der Waals surface area contributed by atoms with Gasteiger partial charge in [-0.2, -0.15) is 0 Å². The van der Waals surface area contributed by atoms with E-state index in [1.165, 1.54) is 54.3 Å². The lowest BCUT2D eigenvalue weighted by molar-refractivity contribution is -0.113. The van der Waals surface area contributed by atoms with Crippen molar-refractivity contribution in [2.75, 3.05) is 16.8 Å². The van der Waals surface area contributed by atoms with Gasteiger partial charge in [-0.05, 0) is 72.5 Å². The number of amides is 1. The van der Waals surface area contributed by atoms with E-state index in [1.54, 1.807) is 16.7 Å². The molecule has 4 nitrogen and oxygen atoms in total. The molecular formula is C29H27N3OS2. The van der Waals surface area contributed by atoms with E-state index in [0.717, 1.165) is 27.0 Å². The van der Waals surface area contributed by atoms with E-state index in [-0.39, 0.29) is 5.91 Å². The number of hydrogen-bond acceptors (Lipinski definition) is 5. The third kappa shape index (κ3) is 4.30. The Balaban J connectivity index is 1.36. The summed E-state index contributed by atoms with van der Waals surface area (Å²) >= 11 is 3.11. The van der Waals surface area contributed by atoms with Gasteiger partial charge >= 0.3 is 0 Å². The Hall–Kier alpha value is -2.96. The number of nitrogens with zero attached hydrogens (tertiary/aromatic N) is 3. The van der Waals surface area contributed by atoms with E-state index < -0.39 is 0 Å². The van der Waals surface area contributed by atoms with Gasteiger partial charge in [0.1, 0.15) is 4.91 Å². The van der Waals surface area contributed by atoms with Gasteiger partial charge < -0.3 is 4.90 Å². The maximum absolute atomic E-state index is 13.8. The normalized spacial score (nSPS) is 21.7. The van der Waals surface area contributed by atoms with Gasteiger partial charge in [0.05, 0.1) is 22.1 Å². The quantitative estimate of drug-likeness (QED) is 0.344.